The van der Waals surface area contributed by atoms with E-state index in [4.69, 9.17) is 0 Å². The minimum absolute atomic E-state index is 0.0199. The van der Waals surface area contributed by atoms with Gasteiger partial charge in [0.1, 0.15) is 0 Å². The Balaban J connectivity index is 1.63. The molecule has 8 nitrogen and oxygen atoms in total. The topological polar surface area (TPSA) is 90.9 Å². The maximum Gasteiger partial charge on any atom is 0.332 e. The van der Waals surface area contributed by atoms with Crippen LogP contribution in [0, 0.1) is 5.92 Å². The van der Waals surface area contributed by atoms with Crippen LogP contribution in [-0.4, -0.2) is 24.6 Å². The largest absolute Gasteiger partial charge is 0.349 e. The van der Waals surface area contributed by atoms with Crippen LogP contribution in [0.4, 0.5) is 0 Å². The van der Waals surface area contributed by atoms with E-state index in [0.29, 0.717) is 30.6 Å². The molecule has 0 aliphatic carbocycles. The van der Waals surface area contributed by atoms with Crippen LogP contribution >= 0.6 is 0 Å². The van der Waals surface area contributed by atoms with E-state index in [1.54, 1.807) is 17.9 Å². The van der Waals surface area contributed by atoms with Gasteiger partial charge in [0.15, 0.2) is 11.2 Å². The Morgan fingerprint density at radius 1 is 1.06 bits per heavy atom. The average molecular weight is 454 g/mol. The summed E-state index contributed by atoms with van der Waals surface area (Å²) in [7, 11) is 3.05. The average Bonchev–Trinajstić information content (AvgIpc) is 3.22. The van der Waals surface area contributed by atoms with Crippen LogP contribution in [0.2, 0.25) is 0 Å². The van der Waals surface area contributed by atoms with Crippen LogP contribution in [0.3, 0.4) is 0 Å². The van der Waals surface area contributed by atoms with Crippen molar-refractivity contribution < 1.29 is 4.79 Å². The van der Waals surface area contributed by atoms with Crippen LogP contribution in [-0.2, 0) is 31.9 Å². The molecule has 3 aromatic rings. The number of hydrogen-bond acceptors (Lipinski definition) is 4. The lowest BCUT2D eigenvalue weighted by molar-refractivity contribution is -0.122. The summed E-state index contributed by atoms with van der Waals surface area (Å²) < 4.78 is 4.16. The van der Waals surface area contributed by atoms with E-state index in [-0.39, 0.29) is 23.4 Å². The summed E-state index contributed by atoms with van der Waals surface area (Å²) in [6.07, 6.45) is 5.88. The quantitative estimate of drug-likeness (QED) is 0.511. The summed E-state index contributed by atoms with van der Waals surface area (Å²) in [4.78, 5) is 41.6. The number of hydrogen-bond donors (Lipinski definition) is 1. The molecule has 3 rings (SSSR count). The number of carbonyl (C=O) groups excluding carboxylic acids is 1. The van der Waals surface area contributed by atoms with Crippen molar-refractivity contribution in [2.24, 2.45) is 20.0 Å². The molecule has 0 radical (unpaired) electrons. The molecule has 33 heavy (non-hydrogen) atoms. The molecule has 0 saturated carbocycles. The molecule has 1 amide bonds. The Morgan fingerprint density at radius 2 is 1.76 bits per heavy atom. The molecule has 1 aromatic carbocycles. The third-order valence-electron chi connectivity index (χ3n) is 6.16. The van der Waals surface area contributed by atoms with Crippen molar-refractivity contribution in [2.75, 3.05) is 0 Å². The van der Waals surface area contributed by atoms with E-state index in [9.17, 15) is 14.4 Å². The van der Waals surface area contributed by atoms with Crippen molar-refractivity contribution >= 4 is 17.1 Å². The molecular weight excluding hydrogens is 418 g/mol. The first kappa shape index (κ1) is 24.5. The van der Waals surface area contributed by atoms with Crippen molar-refractivity contribution in [3.05, 3.63) is 62.6 Å². The summed E-state index contributed by atoms with van der Waals surface area (Å²) in [6.45, 7) is 6.87. The molecule has 2 heterocycles. The molecule has 0 bridgehead atoms. The second kappa shape index (κ2) is 10.6. The van der Waals surface area contributed by atoms with Crippen LogP contribution in [0.15, 0.2) is 40.2 Å². The van der Waals surface area contributed by atoms with E-state index in [0.717, 1.165) is 16.6 Å². The molecule has 0 unspecified atom stereocenters. The molecule has 0 spiro atoms. The van der Waals surface area contributed by atoms with Gasteiger partial charge >= 0.3 is 5.69 Å². The van der Waals surface area contributed by atoms with Gasteiger partial charge in [-0.2, -0.15) is 0 Å². The molecule has 1 N–H and O–H groups in total. The Bertz CT molecular complexity index is 1220. The smallest absolute Gasteiger partial charge is 0.332 e. The van der Waals surface area contributed by atoms with E-state index in [1.807, 2.05) is 0 Å². The molecule has 178 valence electrons. The summed E-state index contributed by atoms with van der Waals surface area (Å²) >= 11 is 0. The van der Waals surface area contributed by atoms with Gasteiger partial charge in [-0.1, -0.05) is 51.5 Å². The van der Waals surface area contributed by atoms with E-state index >= 15 is 0 Å². The Kier molecular flexibility index (Phi) is 7.89. The van der Waals surface area contributed by atoms with Crippen molar-refractivity contribution in [3.8, 4) is 0 Å². The lowest BCUT2D eigenvalue weighted by Gasteiger charge is -2.23. The molecule has 2 aromatic heterocycles. The van der Waals surface area contributed by atoms with Crippen LogP contribution in [0.25, 0.3) is 11.2 Å². The van der Waals surface area contributed by atoms with E-state index in [2.05, 4.69) is 55.3 Å². The molecule has 1 atom stereocenters. The summed E-state index contributed by atoms with van der Waals surface area (Å²) in [6, 6.07) is 8.50. The second-order valence-electron chi connectivity index (χ2n) is 9.05. The minimum Gasteiger partial charge on any atom is -0.349 e. The van der Waals surface area contributed by atoms with Crippen molar-refractivity contribution in [2.45, 2.75) is 65.5 Å². The highest BCUT2D eigenvalue weighted by atomic mass is 16.2. The van der Waals surface area contributed by atoms with Gasteiger partial charge in [-0.25, -0.2) is 9.78 Å². The van der Waals surface area contributed by atoms with Gasteiger partial charge in [-0.3, -0.25) is 18.7 Å². The zero-order valence-corrected chi connectivity index (χ0v) is 20.3. The predicted molar refractivity (Wildman–Crippen MR) is 130 cm³/mol. The van der Waals surface area contributed by atoms with Gasteiger partial charge in [0.05, 0.1) is 12.4 Å². The van der Waals surface area contributed by atoms with E-state index < -0.39 is 5.69 Å². The standard InChI is InChI=1S/C25H35N5O3/c1-6-7-9-18-11-13-19(14-12-18)21(17(2)3)27-20(31)10-8-15-30-16-26-23-22(30)24(32)29(5)25(33)28(23)4/h11-14,16-17,21H,6-10,15H2,1-5H3,(H,27,31)/t21-/m1/s1. The minimum atomic E-state index is -0.407. The molecular formula is C25H35N5O3. The molecule has 0 fully saturated rings. The second-order valence-corrected chi connectivity index (χ2v) is 9.05. The number of unbranched alkanes of at least 4 members (excludes halogenated alkanes) is 1. The first-order valence-corrected chi connectivity index (χ1v) is 11.7. The number of rotatable bonds is 10. The van der Waals surface area contributed by atoms with Gasteiger partial charge < -0.3 is 9.88 Å². The zero-order valence-electron chi connectivity index (χ0n) is 20.3. The molecule has 0 saturated heterocycles. The third-order valence-corrected chi connectivity index (χ3v) is 6.16. The lowest BCUT2D eigenvalue weighted by atomic mass is 9.94. The summed E-state index contributed by atoms with van der Waals surface area (Å²) in [5, 5.41) is 3.17. The Labute approximate surface area is 194 Å². The fourth-order valence-corrected chi connectivity index (χ4v) is 4.13. The maximum atomic E-state index is 12.7. The van der Waals surface area contributed by atoms with Gasteiger partial charge in [0.25, 0.3) is 5.56 Å². The zero-order chi connectivity index (χ0) is 24.1. The highest BCUT2D eigenvalue weighted by Gasteiger charge is 2.19. The molecule has 0 aliphatic rings. The van der Waals surface area contributed by atoms with Crippen LogP contribution in [0.1, 0.15) is 63.6 Å². The summed E-state index contributed by atoms with van der Waals surface area (Å²) in [5.74, 6) is 0.242. The van der Waals surface area contributed by atoms with Crippen molar-refractivity contribution in [1.29, 1.82) is 0 Å². The molecule has 8 heteroatoms. The monoisotopic (exact) mass is 453 g/mol. The summed E-state index contributed by atoms with van der Waals surface area (Å²) in [5.41, 5.74) is 2.39. The number of nitrogens with one attached hydrogen (secondary N) is 1. The lowest BCUT2D eigenvalue weighted by Crippen LogP contribution is -2.37. The fraction of sp³-hybridized carbons (Fsp3) is 0.520. The van der Waals surface area contributed by atoms with Crippen molar-refractivity contribution in [1.82, 2.24) is 24.0 Å². The number of aromatic nitrogens is 4. The fourth-order valence-electron chi connectivity index (χ4n) is 4.13. The van der Waals surface area contributed by atoms with Crippen molar-refractivity contribution in [3.63, 3.8) is 0 Å². The third kappa shape index (κ3) is 5.43. The SMILES string of the molecule is CCCCc1ccc([C@H](NC(=O)CCCn2cnc3c2c(=O)n(C)c(=O)n3C)C(C)C)cc1. The first-order chi connectivity index (χ1) is 15.7. The Hall–Kier alpha value is -3.16. The number of nitrogens with zero attached hydrogens (tertiary/aromatic N) is 4. The van der Waals surface area contributed by atoms with Gasteiger partial charge in [0, 0.05) is 27.1 Å². The van der Waals surface area contributed by atoms with E-state index in [1.165, 1.54) is 30.0 Å². The first-order valence-electron chi connectivity index (χ1n) is 11.7. The Morgan fingerprint density at radius 3 is 2.39 bits per heavy atom. The van der Waals surface area contributed by atoms with Crippen LogP contribution in [0.5, 0.6) is 0 Å². The number of amides is 1. The number of fused-ring (bicyclic) bond motifs is 1. The number of aryl methyl sites for hydroxylation is 3. The number of benzene rings is 1. The molecule has 0 aliphatic heterocycles. The highest BCUT2D eigenvalue weighted by molar-refractivity contribution is 5.76. The van der Waals surface area contributed by atoms with Gasteiger partial charge in [-0.15, -0.1) is 0 Å². The predicted octanol–water partition coefficient (Wildman–Crippen LogP) is 3.07. The van der Waals surface area contributed by atoms with Gasteiger partial charge in [-0.05, 0) is 36.3 Å². The van der Waals surface area contributed by atoms with Crippen LogP contribution < -0.4 is 16.6 Å². The number of imidazole rings is 1. The number of carbonyl (C=O) groups is 1. The normalized spacial score (nSPS) is 12.4. The van der Waals surface area contributed by atoms with Gasteiger partial charge in [0.2, 0.25) is 5.91 Å². The highest BCUT2D eigenvalue weighted by Crippen LogP contribution is 2.23. The maximum absolute atomic E-state index is 12.7.